The van der Waals surface area contributed by atoms with E-state index in [0.717, 1.165) is 117 Å². The molecule has 4 amide bonds. The molecular weight excluding hydrogens is 711 g/mol. The summed E-state index contributed by atoms with van der Waals surface area (Å²) in [7, 11) is 0. The lowest BCUT2D eigenvalue weighted by Crippen LogP contribution is -2.54. The smallest absolute Gasteiger partial charge is 0.317 e. The van der Waals surface area contributed by atoms with Crippen molar-refractivity contribution in [2.75, 3.05) is 62.2 Å². The Morgan fingerprint density at radius 2 is 1.11 bits per heavy atom. The Labute approximate surface area is 320 Å². The Bertz CT molecular complexity index is 1920. The third-order valence-electron chi connectivity index (χ3n) is 10.8. The van der Waals surface area contributed by atoms with Crippen LogP contribution < -0.4 is 20.4 Å². The average Bonchev–Trinajstić information content (AvgIpc) is 3.19. The number of allylic oxidation sites excluding steroid dienone is 1. The number of benzene rings is 2. The second-order valence-electron chi connectivity index (χ2n) is 14.3. The zero-order valence-electron chi connectivity index (χ0n) is 30.0. The molecule has 8 rings (SSSR count). The van der Waals surface area contributed by atoms with Crippen LogP contribution >= 0.6 is 23.2 Å². The average molecular weight is 760 g/mol. The highest BCUT2D eigenvalue weighted by Gasteiger charge is 2.27. The fourth-order valence-corrected chi connectivity index (χ4v) is 8.07. The van der Waals surface area contributed by atoms with Gasteiger partial charge in [-0.25, -0.2) is 9.59 Å². The minimum atomic E-state index is -0.202. The van der Waals surface area contributed by atoms with Gasteiger partial charge in [0.05, 0.1) is 17.1 Å². The number of hydrogen-bond donors (Lipinski definition) is 3. The Kier molecular flexibility index (Phi) is 12.0. The normalized spacial score (nSPS) is 22.0. The first kappa shape index (κ1) is 37.0. The van der Waals surface area contributed by atoms with Gasteiger partial charge in [0.15, 0.2) is 0 Å². The number of rotatable bonds is 4. The summed E-state index contributed by atoms with van der Waals surface area (Å²) in [5, 5.41) is 19.5. The van der Waals surface area contributed by atoms with Gasteiger partial charge in [0, 0.05) is 109 Å². The van der Waals surface area contributed by atoms with Gasteiger partial charge in [-0.15, -0.1) is 0 Å². The molecule has 4 aliphatic rings. The molecule has 2 saturated heterocycles. The van der Waals surface area contributed by atoms with Crippen LogP contribution in [-0.2, 0) is 0 Å². The SMILES string of the molecule is O=C(NC1CC=CCC1)N1CCN(c2ccnc3cc(Cl)ccc23)CC1.O=C(NC1CCC(O)CC1)N1CCN(c2ccnc3cc(Cl)ccc23)CC1. The summed E-state index contributed by atoms with van der Waals surface area (Å²) in [4.78, 5) is 42.3. The molecule has 0 bridgehead atoms. The molecule has 13 heteroatoms. The molecule has 4 aromatic rings. The predicted molar refractivity (Wildman–Crippen MR) is 213 cm³/mol. The lowest BCUT2D eigenvalue weighted by Gasteiger charge is -2.37. The van der Waals surface area contributed by atoms with Crippen LogP contribution in [0.3, 0.4) is 0 Å². The molecule has 4 heterocycles. The molecule has 53 heavy (non-hydrogen) atoms. The van der Waals surface area contributed by atoms with Crippen molar-refractivity contribution in [3.05, 3.63) is 83.1 Å². The highest BCUT2D eigenvalue weighted by atomic mass is 35.5. The van der Waals surface area contributed by atoms with Crippen molar-refractivity contribution in [1.29, 1.82) is 0 Å². The maximum absolute atomic E-state index is 12.6. The van der Waals surface area contributed by atoms with Gasteiger partial charge >= 0.3 is 12.1 Å². The largest absolute Gasteiger partial charge is 0.393 e. The summed E-state index contributed by atoms with van der Waals surface area (Å²) in [6.07, 6.45) is 14.1. The van der Waals surface area contributed by atoms with E-state index in [2.05, 4.69) is 42.6 Å². The number of halogens is 2. The number of aromatic nitrogens is 2. The summed E-state index contributed by atoms with van der Waals surface area (Å²) in [5.41, 5.74) is 4.09. The maximum Gasteiger partial charge on any atom is 0.317 e. The van der Waals surface area contributed by atoms with Crippen molar-refractivity contribution in [3.63, 3.8) is 0 Å². The number of amides is 4. The Hall–Kier alpha value is -4.32. The highest BCUT2D eigenvalue weighted by Crippen LogP contribution is 2.30. The molecule has 1 unspecified atom stereocenters. The number of carbonyl (C=O) groups excluding carboxylic acids is 2. The molecule has 280 valence electrons. The number of aliphatic hydroxyl groups excluding tert-OH is 1. The van der Waals surface area contributed by atoms with E-state index in [1.807, 2.05) is 70.7 Å². The van der Waals surface area contributed by atoms with Crippen molar-refractivity contribution in [2.45, 2.75) is 63.1 Å². The number of nitrogens with zero attached hydrogens (tertiary/aromatic N) is 6. The van der Waals surface area contributed by atoms with Crippen molar-refractivity contribution in [2.24, 2.45) is 0 Å². The first-order chi connectivity index (χ1) is 25.8. The van der Waals surface area contributed by atoms with Crippen LogP contribution in [0.25, 0.3) is 21.8 Å². The zero-order chi connectivity index (χ0) is 36.7. The van der Waals surface area contributed by atoms with Crippen LogP contribution in [0, 0.1) is 0 Å². The molecule has 2 aliphatic heterocycles. The summed E-state index contributed by atoms with van der Waals surface area (Å²) < 4.78 is 0. The third-order valence-corrected chi connectivity index (χ3v) is 11.3. The van der Waals surface area contributed by atoms with Crippen molar-refractivity contribution < 1.29 is 14.7 Å². The van der Waals surface area contributed by atoms with Crippen LogP contribution in [0.1, 0.15) is 44.9 Å². The van der Waals surface area contributed by atoms with Gasteiger partial charge in [0.2, 0.25) is 0 Å². The van der Waals surface area contributed by atoms with E-state index in [4.69, 9.17) is 23.2 Å². The topological polar surface area (TPSA) is 117 Å². The van der Waals surface area contributed by atoms with Gasteiger partial charge in [0.25, 0.3) is 0 Å². The van der Waals surface area contributed by atoms with E-state index < -0.39 is 0 Å². The number of carbonyl (C=O) groups is 2. The zero-order valence-corrected chi connectivity index (χ0v) is 31.5. The van der Waals surface area contributed by atoms with Gasteiger partial charge in [0.1, 0.15) is 0 Å². The molecule has 1 atom stereocenters. The van der Waals surface area contributed by atoms with Gasteiger partial charge < -0.3 is 35.3 Å². The molecule has 0 radical (unpaired) electrons. The molecule has 11 nitrogen and oxygen atoms in total. The Morgan fingerprint density at radius 1 is 0.623 bits per heavy atom. The van der Waals surface area contributed by atoms with Gasteiger partial charge in [-0.1, -0.05) is 35.4 Å². The molecule has 2 aromatic carbocycles. The summed E-state index contributed by atoms with van der Waals surface area (Å²) in [6.45, 7) is 6.06. The van der Waals surface area contributed by atoms with E-state index in [9.17, 15) is 14.7 Å². The first-order valence-corrected chi connectivity index (χ1v) is 19.6. The van der Waals surface area contributed by atoms with Crippen molar-refractivity contribution in [1.82, 2.24) is 30.4 Å². The van der Waals surface area contributed by atoms with E-state index in [-0.39, 0.29) is 30.2 Å². The minimum Gasteiger partial charge on any atom is -0.393 e. The highest BCUT2D eigenvalue weighted by molar-refractivity contribution is 6.31. The minimum absolute atomic E-state index is 0.0161. The fraction of sp³-hybridized carbons (Fsp3) is 0.450. The molecule has 3 fully saturated rings. The van der Waals surface area contributed by atoms with E-state index >= 15 is 0 Å². The summed E-state index contributed by atoms with van der Waals surface area (Å²) in [5.74, 6) is 0. The number of nitrogens with one attached hydrogen (secondary N) is 2. The van der Waals surface area contributed by atoms with E-state index in [1.165, 1.54) is 0 Å². The summed E-state index contributed by atoms with van der Waals surface area (Å²) >= 11 is 12.2. The number of hydrogen-bond acceptors (Lipinski definition) is 7. The van der Waals surface area contributed by atoms with Crippen LogP contribution in [0.4, 0.5) is 21.0 Å². The van der Waals surface area contributed by atoms with Crippen LogP contribution in [0.5, 0.6) is 0 Å². The van der Waals surface area contributed by atoms with Gasteiger partial charge in [-0.05, 0) is 93.5 Å². The quantitative estimate of drug-likeness (QED) is 0.195. The standard InChI is InChI=1S/C20H25ClN4O2.C20H23ClN4O/c21-14-1-6-17-18(13-14)22-8-7-19(17)24-9-11-25(12-10-24)20(27)23-15-2-4-16(26)5-3-15;21-15-6-7-17-18(14-15)22-9-8-19(17)24-10-12-25(13-11-24)20(26)23-16-4-2-1-3-5-16/h1,6-8,13,15-16,26H,2-5,9-12H2,(H,23,27);1-2,6-9,14,16H,3-5,10-13H2,(H,23,26). The molecule has 2 aromatic heterocycles. The lowest BCUT2D eigenvalue weighted by molar-refractivity contribution is 0.115. The number of pyridine rings is 2. The predicted octanol–water partition coefficient (Wildman–Crippen LogP) is 6.85. The third kappa shape index (κ3) is 9.26. The monoisotopic (exact) mass is 758 g/mol. The second kappa shape index (κ2) is 17.2. The second-order valence-corrected chi connectivity index (χ2v) is 15.2. The Morgan fingerprint density at radius 3 is 1.58 bits per heavy atom. The number of anilines is 2. The van der Waals surface area contributed by atoms with E-state index in [0.29, 0.717) is 23.1 Å². The Balaban J connectivity index is 0.000000164. The van der Waals surface area contributed by atoms with Crippen molar-refractivity contribution in [3.8, 4) is 0 Å². The molecule has 0 spiro atoms. The molecule has 3 N–H and O–H groups in total. The number of urea groups is 2. The molecule has 2 aliphatic carbocycles. The molecule has 1 saturated carbocycles. The van der Waals surface area contributed by atoms with E-state index in [1.54, 1.807) is 0 Å². The van der Waals surface area contributed by atoms with Gasteiger partial charge in [-0.3, -0.25) is 9.97 Å². The number of piperazine rings is 2. The maximum atomic E-state index is 12.6. The van der Waals surface area contributed by atoms with Crippen LogP contribution in [0.15, 0.2) is 73.1 Å². The van der Waals surface area contributed by atoms with Gasteiger partial charge in [-0.2, -0.15) is 0 Å². The van der Waals surface area contributed by atoms with Crippen LogP contribution in [-0.4, -0.2) is 107 Å². The lowest BCUT2D eigenvalue weighted by atomic mass is 9.93. The fourth-order valence-electron chi connectivity index (χ4n) is 7.74. The van der Waals surface area contributed by atoms with Crippen LogP contribution in [0.2, 0.25) is 10.0 Å². The number of aliphatic hydroxyl groups is 1. The number of fused-ring (bicyclic) bond motifs is 2. The van der Waals surface area contributed by atoms with Crippen molar-refractivity contribution >= 4 is 68.4 Å². The summed E-state index contributed by atoms with van der Waals surface area (Å²) in [6, 6.07) is 16.2. The molecular formula is C40H48Cl2N8O3. The first-order valence-electron chi connectivity index (χ1n) is 18.8.